The molecule has 2 N–H and O–H groups in total. The van der Waals surface area contributed by atoms with Gasteiger partial charge in [-0.1, -0.05) is 25.3 Å². The van der Waals surface area contributed by atoms with Crippen molar-refractivity contribution in [1.29, 1.82) is 0 Å². The van der Waals surface area contributed by atoms with Crippen molar-refractivity contribution in [3.63, 3.8) is 0 Å². The van der Waals surface area contributed by atoms with Gasteiger partial charge in [-0.25, -0.2) is 4.79 Å². The number of ether oxygens (including phenoxy) is 1. The van der Waals surface area contributed by atoms with Gasteiger partial charge in [-0.3, -0.25) is 9.59 Å². The number of hydrogen-bond acceptors (Lipinski definition) is 6. The van der Waals surface area contributed by atoms with E-state index in [1.807, 2.05) is 31.2 Å². The summed E-state index contributed by atoms with van der Waals surface area (Å²) in [4.78, 5) is 40.1. The molecule has 0 radical (unpaired) electrons. The first-order valence-electron chi connectivity index (χ1n) is 12.1. The predicted octanol–water partition coefficient (Wildman–Crippen LogP) is 6.05. The summed E-state index contributed by atoms with van der Waals surface area (Å²) >= 11 is 2.92. The highest BCUT2D eigenvalue weighted by molar-refractivity contribution is 8.00. The highest BCUT2D eigenvalue weighted by Gasteiger charge is 2.28. The fourth-order valence-corrected chi connectivity index (χ4v) is 6.91. The van der Waals surface area contributed by atoms with Crippen LogP contribution in [0, 0.1) is 5.92 Å². The lowest BCUT2D eigenvalue weighted by Crippen LogP contribution is -2.24. The molecule has 0 saturated heterocycles. The molecule has 1 aromatic carbocycles. The van der Waals surface area contributed by atoms with Gasteiger partial charge in [0.15, 0.2) is 0 Å². The lowest BCUT2D eigenvalue weighted by molar-refractivity contribution is -0.120. The first-order chi connectivity index (χ1) is 16.5. The Morgan fingerprint density at radius 1 is 1.06 bits per heavy atom. The highest BCUT2D eigenvalue weighted by atomic mass is 32.2. The summed E-state index contributed by atoms with van der Waals surface area (Å²) in [6, 6.07) is 7.63. The van der Waals surface area contributed by atoms with Gasteiger partial charge in [0.1, 0.15) is 5.00 Å². The van der Waals surface area contributed by atoms with Gasteiger partial charge in [0, 0.05) is 21.4 Å². The van der Waals surface area contributed by atoms with Crippen LogP contribution in [-0.2, 0) is 27.2 Å². The third-order valence-electron chi connectivity index (χ3n) is 6.56. The maximum atomic E-state index is 13.0. The molecule has 6 nitrogen and oxygen atoms in total. The normalized spacial score (nSPS) is 16.9. The van der Waals surface area contributed by atoms with Crippen molar-refractivity contribution in [2.45, 2.75) is 74.9 Å². The second-order valence-electron chi connectivity index (χ2n) is 9.01. The molecule has 1 aromatic heterocycles. The van der Waals surface area contributed by atoms with Crippen LogP contribution in [0.5, 0.6) is 0 Å². The number of anilines is 2. The van der Waals surface area contributed by atoms with Crippen LogP contribution < -0.4 is 10.6 Å². The van der Waals surface area contributed by atoms with Gasteiger partial charge in [0.25, 0.3) is 0 Å². The predicted molar refractivity (Wildman–Crippen MR) is 138 cm³/mol. The first-order valence-corrected chi connectivity index (χ1v) is 13.8. The number of thiophene rings is 1. The molecule has 0 bridgehead atoms. The SMILES string of the molecule is COC(=O)c1c(NC(=O)C(C)Sc2cccc(NC(=O)C3CCCCC3)c2)sc2c1CCCC2. The molecule has 34 heavy (non-hydrogen) atoms. The van der Waals surface area contributed by atoms with Crippen LogP contribution in [0.2, 0.25) is 0 Å². The molecule has 8 heteroatoms. The minimum atomic E-state index is -0.392. The number of methoxy groups -OCH3 is 1. The maximum Gasteiger partial charge on any atom is 0.341 e. The van der Waals surface area contributed by atoms with Crippen LogP contribution in [0.25, 0.3) is 0 Å². The van der Waals surface area contributed by atoms with Gasteiger partial charge < -0.3 is 15.4 Å². The second-order valence-corrected chi connectivity index (χ2v) is 11.5. The van der Waals surface area contributed by atoms with E-state index in [0.717, 1.165) is 67.5 Å². The average Bonchev–Trinajstić information content (AvgIpc) is 3.22. The van der Waals surface area contributed by atoms with Crippen molar-refractivity contribution >= 4 is 51.6 Å². The number of amides is 2. The second kappa shape index (κ2) is 11.4. The summed E-state index contributed by atoms with van der Waals surface area (Å²) in [5.41, 5.74) is 2.30. The number of esters is 1. The Morgan fingerprint density at radius 2 is 1.82 bits per heavy atom. The fourth-order valence-electron chi connectivity index (χ4n) is 4.70. The Bertz CT molecular complexity index is 1060. The number of carbonyl (C=O) groups is 3. The van der Waals surface area contributed by atoms with Crippen LogP contribution in [0.4, 0.5) is 10.7 Å². The van der Waals surface area contributed by atoms with E-state index in [0.29, 0.717) is 10.6 Å². The standard InChI is InChI=1S/C26H32N2O4S2/c1-16(23(29)28-25-22(26(31)32-2)20-13-6-7-14-21(20)34-25)33-19-12-8-11-18(15-19)27-24(30)17-9-4-3-5-10-17/h8,11-12,15-17H,3-7,9-10,13-14H2,1-2H3,(H,27,30)(H,28,29). The molecule has 1 fully saturated rings. The van der Waals surface area contributed by atoms with Gasteiger partial charge in [-0.05, 0) is 69.2 Å². The Kier molecular flexibility index (Phi) is 8.32. The van der Waals surface area contributed by atoms with E-state index < -0.39 is 5.97 Å². The average molecular weight is 501 g/mol. The van der Waals surface area contributed by atoms with Crippen LogP contribution in [0.15, 0.2) is 29.2 Å². The molecule has 2 aliphatic carbocycles. The Hall–Kier alpha value is -2.32. The van der Waals surface area contributed by atoms with Gasteiger partial charge in [0.05, 0.1) is 17.9 Å². The number of rotatable bonds is 7. The van der Waals surface area contributed by atoms with Crippen molar-refractivity contribution in [1.82, 2.24) is 0 Å². The summed E-state index contributed by atoms with van der Waals surface area (Å²) in [6.07, 6.45) is 9.28. The molecular formula is C26H32N2O4S2. The van der Waals surface area contributed by atoms with E-state index in [2.05, 4.69) is 10.6 Å². The third kappa shape index (κ3) is 5.84. The molecule has 2 aromatic rings. The largest absolute Gasteiger partial charge is 0.465 e. The molecule has 1 unspecified atom stereocenters. The Morgan fingerprint density at radius 3 is 2.59 bits per heavy atom. The number of fused-ring (bicyclic) bond motifs is 1. The van der Waals surface area contributed by atoms with Crippen LogP contribution >= 0.6 is 23.1 Å². The van der Waals surface area contributed by atoms with Crippen molar-refractivity contribution in [3.05, 3.63) is 40.3 Å². The molecule has 4 rings (SSSR count). The quantitative estimate of drug-likeness (QED) is 0.357. The van der Waals surface area contributed by atoms with Gasteiger partial charge in [-0.2, -0.15) is 0 Å². The topological polar surface area (TPSA) is 84.5 Å². The Balaban J connectivity index is 1.40. The van der Waals surface area contributed by atoms with E-state index in [1.54, 1.807) is 0 Å². The Labute approximate surface area is 209 Å². The smallest absolute Gasteiger partial charge is 0.341 e. The number of thioether (sulfide) groups is 1. The monoisotopic (exact) mass is 500 g/mol. The zero-order valence-corrected chi connectivity index (χ0v) is 21.4. The number of aryl methyl sites for hydroxylation is 1. The van der Waals surface area contributed by atoms with Crippen LogP contribution in [0.3, 0.4) is 0 Å². The lowest BCUT2D eigenvalue weighted by atomic mass is 9.88. The fraction of sp³-hybridized carbons (Fsp3) is 0.500. The zero-order valence-electron chi connectivity index (χ0n) is 19.8. The van der Waals surface area contributed by atoms with Crippen molar-refractivity contribution in [2.75, 3.05) is 17.7 Å². The zero-order chi connectivity index (χ0) is 24.1. The van der Waals surface area contributed by atoms with Crippen LogP contribution in [0.1, 0.15) is 72.7 Å². The molecule has 182 valence electrons. The minimum Gasteiger partial charge on any atom is -0.465 e. The van der Waals surface area contributed by atoms with E-state index in [1.165, 1.54) is 41.5 Å². The third-order valence-corrected chi connectivity index (χ3v) is 8.86. The molecule has 2 amide bonds. The molecule has 2 aliphatic rings. The van der Waals surface area contributed by atoms with E-state index in [4.69, 9.17) is 4.74 Å². The molecule has 1 saturated carbocycles. The van der Waals surface area contributed by atoms with Crippen molar-refractivity contribution in [2.24, 2.45) is 5.92 Å². The summed E-state index contributed by atoms with van der Waals surface area (Å²) in [5, 5.41) is 6.23. The van der Waals surface area contributed by atoms with Crippen LogP contribution in [-0.4, -0.2) is 30.1 Å². The number of benzene rings is 1. The van der Waals surface area contributed by atoms with Gasteiger partial charge >= 0.3 is 5.97 Å². The molecule has 1 atom stereocenters. The lowest BCUT2D eigenvalue weighted by Gasteiger charge is -2.21. The summed E-state index contributed by atoms with van der Waals surface area (Å²) in [7, 11) is 1.37. The van der Waals surface area contributed by atoms with Crippen molar-refractivity contribution < 1.29 is 19.1 Å². The minimum absolute atomic E-state index is 0.0876. The molecule has 0 spiro atoms. The van der Waals surface area contributed by atoms with Gasteiger partial charge in [-0.15, -0.1) is 23.1 Å². The summed E-state index contributed by atoms with van der Waals surface area (Å²) in [5.74, 6) is -0.373. The summed E-state index contributed by atoms with van der Waals surface area (Å²) in [6.45, 7) is 1.85. The van der Waals surface area contributed by atoms with E-state index in [-0.39, 0.29) is 23.0 Å². The van der Waals surface area contributed by atoms with E-state index >= 15 is 0 Å². The van der Waals surface area contributed by atoms with Crippen molar-refractivity contribution in [3.8, 4) is 0 Å². The molecule has 0 aliphatic heterocycles. The number of carbonyl (C=O) groups excluding carboxylic acids is 3. The highest BCUT2D eigenvalue weighted by Crippen LogP contribution is 2.39. The first kappa shape index (κ1) is 24.8. The van der Waals surface area contributed by atoms with Gasteiger partial charge in [0.2, 0.25) is 11.8 Å². The number of nitrogens with one attached hydrogen (secondary N) is 2. The van der Waals surface area contributed by atoms with E-state index in [9.17, 15) is 14.4 Å². The summed E-state index contributed by atoms with van der Waals surface area (Å²) < 4.78 is 5.00. The number of hydrogen-bond donors (Lipinski definition) is 2. The molecule has 1 heterocycles. The molecular weight excluding hydrogens is 468 g/mol. The maximum absolute atomic E-state index is 13.0.